The molecule has 0 radical (unpaired) electrons. The maximum atomic E-state index is 11.8. The molecule has 0 saturated heterocycles. The number of alkyl halides is 1. The van der Waals surface area contributed by atoms with E-state index in [1.54, 1.807) is 0 Å². The van der Waals surface area contributed by atoms with Gasteiger partial charge in [-0.05, 0) is 0 Å². The van der Waals surface area contributed by atoms with E-state index < -0.39 is 12.8 Å². The number of aliphatic hydroxyl groups is 1. The van der Waals surface area contributed by atoms with Crippen molar-refractivity contribution in [3.8, 4) is 0 Å². The van der Waals surface area contributed by atoms with E-state index in [0.717, 1.165) is 0 Å². The van der Waals surface area contributed by atoms with Gasteiger partial charge in [-0.25, -0.2) is 4.39 Å². The van der Waals surface area contributed by atoms with Crippen LogP contribution >= 0.6 is 0 Å². The third-order valence-electron chi connectivity index (χ3n) is 1.37. The van der Waals surface area contributed by atoms with E-state index in [1.807, 2.05) is 0 Å². The maximum Gasteiger partial charge on any atom is 0.153 e. The Morgan fingerprint density at radius 3 is 3.08 bits per heavy atom. The Morgan fingerprint density at radius 1 is 1.83 bits per heavy atom. The van der Waals surface area contributed by atoms with Crippen molar-refractivity contribution in [1.82, 2.24) is 9.78 Å². The van der Waals surface area contributed by atoms with Crippen LogP contribution in [0.4, 0.5) is 4.39 Å². The van der Waals surface area contributed by atoms with Gasteiger partial charge in [0.2, 0.25) is 0 Å². The van der Waals surface area contributed by atoms with Crippen molar-refractivity contribution in [2.24, 2.45) is 0 Å². The van der Waals surface area contributed by atoms with Gasteiger partial charge in [0.05, 0.1) is 18.3 Å². The SMILES string of the molecule is O=Cc1cnn(CC(O)CF)c1. The van der Waals surface area contributed by atoms with Crippen molar-refractivity contribution in [3.63, 3.8) is 0 Å². The van der Waals surface area contributed by atoms with Crippen LogP contribution in [-0.4, -0.2) is 34.0 Å². The normalized spacial score (nSPS) is 12.8. The minimum absolute atomic E-state index is 0.0737. The smallest absolute Gasteiger partial charge is 0.153 e. The second-order valence-electron chi connectivity index (χ2n) is 2.42. The molecule has 1 unspecified atom stereocenters. The van der Waals surface area contributed by atoms with E-state index >= 15 is 0 Å². The van der Waals surface area contributed by atoms with Gasteiger partial charge in [0.15, 0.2) is 6.29 Å². The zero-order valence-corrected chi connectivity index (χ0v) is 6.35. The van der Waals surface area contributed by atoms with E-state index in [4.69, 9.17) is 5.11 Å². The van der Waals surface area contributed by atoms with Crippen LogP contribution in [0.25, 0.3) is 0 Å². The molecule has 0 aromatic carbocycles. The number of aldehydes is 1. The first-order valence-electron chi connectivity index (χ1n) is 3.48. The predicted octanol–water partition coefficient (Wildman–Crippen LogP) is 0.0260. The number of aromatic nitrogens is 2. The number of hydrogen-bond acceptors (Lipinski definition) is 3. The van der Waals surface area contributed by atoms with Crippen LogP contribution in [0.2, 0.25) is 0 Å². The second kappa shape index (κ2) is 3.96. The fourth-order valence-corrected chi connectivity index (χ4v) is 0.805. The number of hydrogen-bond donors (Lipinski definition) is 1. The highest BCUT2D eigenvalue weighted by Crippen LogP contribution is 1.96. The topological polar surface area (TPSA) is 55.1 Å². The predicted molar refractivity (Wildman–Crippen MR) is 39.6 cm³/mol. The van der Waals surface area contributed by atoms with E-state index in [9.17, 15) is 9.18 Å². The minimum Gasteiger partial charge on any atom is -0.388 e. The fourth-order valence-electron chi connectivity index (χ4n) is 0.805. The summed E-state index contributed by atoms with van der Waals surface area (Å²) in [6.07, 6.45) is 2.40. The van der Waals surface area contributed by atoms with Crippen molar-refractivity contribution in [2.75, 3.05) is 6.67 Å². The Bertz CT molecular complexity index is 262. The van der Waals surface area contributed by atoms with Gasteiger partial charge in [-0.1, -0.05) is 0 Å². The summed E-state index contributed by atoms with van der Waals surface area (Å²) in [5.41, 5.74) is 0.418. The molecule has 1 N–H and O–H groups in total. The number of carbonyl (C=O) groups is 1. The average molecular weight is 172 g/mol. The second-order valence-corrected chi connectivity index (χ2v) is 2.42. The van der Waals surface area contributed by atoms with Crippen molar-refractivity contribution >= 4 is 6.29 Å². The molecule has 5 heteroatoms. The summed E-state index contributed by atoms with van der Waals surface area (Å²) in [7, 11) is 0. The first-order valence-corrected chi connectivity index (χ1v) is 3.48. The Hall–Kier alpha value is -1.23. The Kier molecular flexibility index (Phi) is 2.93. The summed E-state index contributed by atoms with van der Waals surface area (Å²) in [5, 5.41) is 12.6. The van der Waals surface area contributed by atoms with E-state index in [2.05, 4.69) is 5.10 Å². The fraction of sp³-hybridized carbons (Fsp3) is 0.429. The Labute approximate surface area is 68.6 Å². The number of halogens is 1. The summed E-state index contributed by atoms with van der Waals surface area (Å²) in [5.74, 6) is 0. The van der Waals surface area contributed by atoms with Crippen LogP contribution in [-0.2, 0) is 6.54 Å². The molecule has 0 aliphatic carbocycles. The standard InChI is InChI=1S/C7H9FN2O2/c8-1-7(12)4-10-3-6(5-11)2-9-10/h2-3,5,7,12H,1,4H2. The zero-order valence-electron chi connectivity index (χ0n) is 6.35. The molecule has 0 aliphatic heterocycles. The van der Waals surface area contributed by atoms with Gasteiger partial charge in [0.1, 0.15) is 12.8 Å². The van der Waals surface area contributed by atoms with Gasteiger partial charge in [-0.3, -0.25) is 9.48 Å². The quantitative estimate of drug-likeness (QED) is 0.652. The molecule has 0 saturated carbocycles. The van der Waals surface area contributed by atoms with E-state index in [1.165, 1.54) is 17.1 Å². The lowest BCUT2D eigenvalue weighted by Crippen LogP contribution is -2.17. The van der Waals surface area contributed by atoms with Crippen molar-refractivity contribution in [3.05, 3.63) is 18.0 Å². The average Bonchev–Trinajstić information content (AvgIpc) is 2.52. The molecule has 0 bridgehead atoms. The van der Waals surface area contributed by atoms with Crippen LogP contribution in [0.15, 0.2) is 12.4 Å². The lowest BCUT2D eigenvalue weighted by molar-refractivity contribution is 0.111. The highest BCUT2D eigenvalue weighted by atomic mass is 19.1. The third kappa shape index (κ3) is 2.13. The Balaban J connectivity index is 2.57. The first-order chi connectivity index (χ1) is 5.76. The van der Waals surface area contributed by atoms with Crippen LogP contribution < -0.4 is 0 Å². The van der Waals surface area contributed by atoms with Crippen LogP contribution in [0.3, 0.4) is 0 Å². The van der Waals surface area contributed by atoms with E-state index in [-0.39, 0.29) is 6.54 Å². The number of carbonyl (C=O) groups excluding carboxylic acids is 1. The summed E-state index contributed by atoms with van der Waals surface area (Å²) in [4.78, 5) is 10.2. The van der Waals surface area contributed by atoms with Crippen molar-refractivity contribution in [1.29, 1.82) is 0 Å². The van der Waals surface area contributed by atoms with Crippen molar-refractivity contribution < 1.29 is 14.3 Å². The van der Waals surface area contributed by atoms with Gasteiger partial charge in [0, 0.05) is 6.20 Å². The van der Waals surface area contributed by atoms with Crippen LogP contribution in [0.1, 0.15) is 10.4 Å². The third-order valence-corrected chi connectivity index (χ3v) is 1.37. The largest absolute Gasteiger partial charge is 0.388 e. The molecule has 1 atom stereocenters. The molecular weight excluding hydrogens is 163 g/mol. The van der Waals surface area contributed by atoms with Gasteiger partial charge in [0.25, 0.3) is 0 Å². The minimum atomic E-state index is -1.05. The highest BCUT2D eigenvalue weighted by Gasteiger charge is 2.04. The highest BCUT2D eigenvalue weighted by molar-refractivity contribution is 5.73. The summed E-state index contributed by atoms with van der Waals surface area (Å²) >= 11 is 0. The molecule has 0 amide bonds. The van der Waals surface area contributed by atoms with Crippen LogP contribution in [0.5, 0.6) is 0 Å². The molecule has 1 rings (SSSR count). The molecule has 4 nitrogen and oxygen atoms in total. The molecule has 0 fully saturated rings. The summed E-state index contributed by atoms with van der Waals surface area (Å²) in [6, 6.07) is 0. The lowest BCUT2D eigenvalue weighted by atomic mass is 10.4. The van der Waals surface area contributed by atoms with Gasteiger partial charge >= 0.3 is 0 Å². The number of rotatable bonds is 4. The Morgan fingerprint density at radius 2 is 2.58 bits per heavy atom. The monoisotopic (exact) mass is 172 g/mol. The summed E-state index contributed by atoms with van der Waals surface area (Å²) in [6.45, 7) is -0.735. The number of nitrogens with zero attached hydrogens (tertiary/aromatic N) is 2. The van der Waals surface area contributed by atoms with Crippen molar-refractivity contribution in [2.45, 2.75) is 12.6 Å². The lowest BCUT2D eigenvalue weighted by Gasteiger charge is -2.04. The van der Waals surface area contributed by atoms with E-state index in [0.29, 0.717) is 11.8 Å². The van der Waals surface area contributed by atoms with Gasteiger partial charge in [-0.15, -0.1) is 0 Å². The molecule has 1 aromatic heterocycles. The van der Waals surface area contributed by atoms with Gasteiger partial charge < -0.3 is 5.11 Å². The maximum absolute atomic E-state index is 11.8. The molecule has 1 heterocycles. The van der Waals surface area contributed by atoms with Crippen LogP contribution in [0, 0.1) is 0 Å². The molecule has 0 spiro atoms. The summed E-state index contributed by atoms with van der Waals surface area (Å²) < 4.78 is 13.1. The number of aliphatic hydroxyl groups excluding tert-OH is 1. The molecular formula is C7H9FN2O2. The zero-order chi connectivity index (χ0) is 8.97. The molecule has 0 aliphatic rings. The molecule has 1 aromatic rings. The molecule has 66 valence electrons. The first kappa shape index (κ1) is 8.86. The van der Waals surface area contributed by atoms with Gasteiger partial charge in [-0.2, -0.15) is 5.10 Å². The molecule has 12 heavy (non-hydrogen) atoms.